The second kappa shape index (κ2) is 9.21. The molecule has 148 valence electrons. The molecular formula is C19H26BrFN4O2. The molecule has 0 bridgehead atoms. The van der Waals surface area contributed by atoms with Crippen molar-refractivity contribution in [1.82, 2.24) is 9.55 Å². The summed E-state index contributed by atoms with van der Waals surface area (Å²) in [6, 6.07) is 4.44. The maximum Gasteiger partial charge on any atom is 0.330 e. The van der Waals surface area contributed by atoms with Crippen molar-refractivity contribution >= 4 is 27.4 Å². The van der Waals surface area contributed by atoms with Crippen LogP contribution in [0.4, 0.5) is 15.9 Å². The molecule has 2 rings (SSSR count). The lowest BCUT2D eigenvalue weighted by Crippen LogP contribution is -2.39. The Morgan fingerprint density at radius 3 is 2.63 bits per heavy atom. The molecule has 27 heavy (non-hydrogen) atoms. The van der Waals surface area contributed by atoms with Gasteiger partial charge in [-0.1, -0.05) is 49.2 Å². The minimum atomic E-state index is -0.508. The molecule has 0 saturated heterocycles. The van der Waals surface area contributed by atoms with Crippen LogP contribution in [-0.2, 0) is 13.1 Å². The van der Waals surface area contributed by atoms with Gasteiger partial charge in [0.25, 0.3) is 5.56 Å². The lowest BCUT2D eigenvalue weighted by Gasteiger charge is -2.27. The van der Waals surface area contributed by atoms with Crippen molar-refractivity contribution in [3.05, 3.63) is 54.9 Å². The SMILES string of the molecule is CCCCN(Cc1ccc(F)cc1Br)c1c(N)n(CC(C)C)c(=O)[nH]c1=O. The molecule has 0 amide bonds. The lowest BCUT2D eigenvalue weighted by atomic mass is 10.2. The molecule has 0 aliphatic heterocycles. The molecule has 3 N–H and O–H groups in total. The summed E-state index contributed by atoms with van der Waals surface area (Å²) in [5.74, 6) is 0.0134. The number of anilines is 2. The fraction of sp³-hybridized carbons (Fsp3) is 0.474. The van der Waals surface area contributed by atoms with Crippen molar-refractivity contribution < 1.29 is 4.39 Å². The Kier molecular flexibility index (Phi) is 7.24. The molecule has 0 aliphatic rings. The first kappa shape index (κ1) is 21.2. The van der Waals surface area contributed by atoms with Crippen LogP contribution >= 0.6 is 15.9 Å². The molecule has 0 fully saturated rings. The Morgan fingerprint density at radius 2 is 2.04 bits per heavy atom. The van der Waals surface area contributed by atoms with Gasteiger partial charge in [0.05, 0.1) is 0 Å². The van der Waals surface area contributed by atoms with Crippen LogP contribution in [0.25, 0.3) is 0 Å². The fourth-order valence-corrected chi connectivity index (χ4v) is 3.38. The summed E-state index contributed by atoms with van der Waals surface area (Å²) in [5, 5.41) is 0. The van der Waals surface area contributed by atoms with E-state index in [0.29, 0.717) is 24.1 Å². The van der Waals surface area contributed by atoms with E-state index in [0.717, 1.165) is 18.4 Å². The Bertz CT molecular complexity index is 908. The standard InChI is InChI=1S/C19H26BrFN4O2/c1-4-5-8-24(11-13-6-7-14(21)9-15(13)20)16-17(22)25(10-12(2)3)19(27)23-18(16)26/h6-7,9,12H,4-5,8,10-11,22H2,1-3H3,(H,23,26,27). The average Bonchev–Trinajstić information content (AvgIpc) is 2.58. The molecule has 1 heterocycles. The Hall–Kier alpha value is -2.09. The van der Waals surface area contributed by atoms with E-state index < -0.39 is 11.2 Å². The van der Waals surface area contributed by atoms with Crippen LogP contribution in [0.5, 0.6) is 0 Å². The normalized spacial score (nSPS) is 11.2. The highest BCUT2D eigenvalue weighted by Crippen LogP contribution is 2.24. The topological polar surface area (TPSA) is 84.1 Å². The predicted molar refractivity (Wildman–Crippen MR) is 111 cm³/mol. The minimum absolute atomic E-state index is 0.159. The first-order chi connectivity index (χ1) is 12.7. The van der Waals surface area contributed by atoms with Crippen LogP contribution in [0, 0.1) is 11.7 Å². The summed E-state index contributed by atoms with van der Waals surface area (Å²) in [7, 11) is 0. The number of benzene rings is 1. The number of nitrogens with zero attached hydrogens (tertiary/aromatic N) is 2. The molecule has 0 saturated carbocycles. The first-order valence-electron chi connectivity index (χ1n) is 9.06. The molecule has 0 spiro atoms. The van der Waals surface area contributed by atoms with Gasteiger partial charge in [0, 0.05) is 24.1 Å². The number of hydrogen-bond acceptors (Lipinski definition) is 4. The molecule has 2 aromatic rings. The largest absolute Gasteiger partial charge is 0.383 e. The third-order valence-electron chi connectivity index (χ3n) is 4.24. The maximum absolute atomic E-state index is 13.4. The second-order valence-electron chi connectivity index (χ2n) is 7.01. The van der Waals surface area contributed by atoms with E-state index in [-0.39, 0.29) is 23.2 Å². The van der Waals surface area contributed by atoms with Gasteiger partial charge in [-0.25, -0.2) is 9.18 Å². The van der Waals surface area contributed by atoms with E-state index in [1.807, 2.05) is 18.7 Å². The van der Waals surface area contributed by atoms with E-state index in [1.165, 1.54) is 16.7 Å². The number of nitrogens with two attached hydrogens (primary N) is 1. The number of nitrogen functional groups attached to an aromatic ring is 1. The zero-order chi connectivity index (χ0) is 20.1. The summed E-state index contributed by atoms with van der Waals surface area (Å²) >= 11 is 3.37. The van der Waals surface area contributed by atoms with Crippen molar-refractivity contribution in [1.29, 1.82) is 0 Å². The molecule has 1 aromatic heterocycles. The molecule has 0 radical (unpaired) electrons. The predicted octanol–water partition coefficient (Wildman–Crippen LogP) is 3.48. The number of unbranched alkanes of at least 4 members (excludes halogenated alkanes) is 1. The summed E-state index contributed by atoms with van der Waals surface area (Å²) in [6.07, 6.45) is 1.78. The number of hydrogen-bond donors (Lipinski definition) is 2. The van der Waals surface area contributed by atoms with Crippen LogP contribution in [0.3, 0.4) is 0 Å². The van der Waals surface area contributed by atoms with E-state index in [1.54, 1.807) is 6.07 Å². The summed E-state index contributed by atoms with van der Waals surface area (Å²) in [4.78, 5) is 29.0. The average molecular weight is 441 g/mol. The monoisotopic (exact) mass is 440 g/mol. The van der Waals surface area contributed by atoms with E-state index in [9.17, 15) is 14.0 Å². The zero-order valence-corrected chi connectivity index (χ0v) is 17.5. The highest BCUT2D eigenvalue weighted by molar-refractivity contribution is 9.10. The highest BCUT2D eigenvalue weighted by Gasteiger charge is 2.20. The van der Waals surface area contributed by atoms with Crippen molar-refractivity contribution in [3.63, 3.8) is 0 Å². The molecule has 1 aromatic carbocycles. The van der Waals surface area contributed by atoms with Crippen LogP contribution in [0.1, 0.15) is 39.2 Å². The number of aromatic amines is 1. The van der Waals surface area contributed by atoms with Gasteiger partial charge < -0.3 is 10.6 Å². The number of aromatic nitrogens is 2. The van der Waals surface area contributed by atoms with Gasteiger partial charge in [-0.2, -0.15) is 0 Å². The van der Waals surface area contributed by atoms with Crippen LogP contribution in [0.2, 0.25) is 0 Å². The maximum atomic E-state index is 13.4. The second-order valence-corrected chi connectivity index (χ2v) is 7.86. The Balaban J connectivity index is 2.52. The van der Waals surface area contributed by atoms with Crippen LogP contribution in [-0.4, -0.2) is 16.1 Å². The molecule has 0 unspecified atom stereocenters. The fourth-order valence-electron chi connectivity index (χ4n) is 2.90. The Labute approximate surface area is 166 Å². The van der Waals surface area contributed by atoms with Crippen LogP contribution in [0.15, 0.2) is 32.3 Å². The van der Waals surface area contributed by atoms with E-state index >= 15 is 0 Å². The summed E-state index contributed by atoms with van der Waals surface area (Å²) < 4.78 is 15.4. The number of halogens is 2. The Morgan fingerprint density at radius 1 is 1.33 bits per heavy atom. The number of rotatable bonds is 8. The van der Waals surface area contributed by atoms with Gasteiger partial charge in [-0.05, 0) is 30.0 Å². The van der Waals surface area contributed by atoms with Gasteiger partial charge in [0.1, 0.15) is 17.3 Å². The molecule has 0 aliphatic carbocycles. The van der Waals surface area contributed by atoms with Gasteiger partial charge in [0.2, 0.25) is 0 Å². The quantitative estimate of drug-likeness (QED) is 0.657. The van der Waals surface area contributed by atoms with Gasteiger partial charge >= 0.3 is 5.69 Å². The van der Waals surface area contributed by atoms with Gasteiger partial charge in [-0.15, -0.1) is 0 Å². The van der Waals surface area contributed by atoms with Gasteiger partial charge in [0.15, 0.2) is 0 Å². The lowest BCUT2D eigenvalue weighted by molar-refractivity contribution is 0.506. The van der Waals surface area contributed by atoms with Gasteiger partial charge in [-0.3, -0.25) is 14.3 Å². The minimum Gasteiger partial charge on any atom is -0.383 e. The van der Waals surface area contributed by atoms with Crippen molar-refractivity contribution in [3.8, 4) is 0 Å². The third kappa shape index (κ3) is 5.22. The zero-order valence-electron chi connectivity index (χ0n) is 15.9. The van der Waals surface area contributed by atoms with E-state index in [2.05, 4.69) is 27.8 Å². The highest BCUT2D eigenvalue weighted by atomic mass is 79.9. The number of H-pyrrole nitrogens is 1. The van der Waals surface area contributed by atoms with Crippen molar-refractivity contribution in [2.45, 2.75) is 46.7 Å². The third-order valence-corrected chi connectivity index (χ3v) is 4.97. The van der Waals surface area contributed by atoms with Crippen molar-refractivity contribution in [2.75, 3.05) is 17.2 Å². The molecule has 0 atom stereocenters. The molecule has 6 nitrogen and oxygen atoms in total. The molecular weight excluding hydrogens is 415 g/mol. The summed E-state index contributed by atoms with van der Waals surface area (Å²) in [5.41, 5.74) is 6.34. The smallest absolute Gasteiger partial charge is 0.330 e. The van der Waals surface area contributed by atoms with Crippen LogP contribution < -0.4 is 21.9 Å². The number of nitrogens with one attached hydrogen (secondary N) is 1. The first-order valence-corrected chi connectivity index (χ1v) is 9.85. The molecule has 8 heteroatoms. The van der Waals surface area contributed by atoms with Crippen molar-refractivity contribution in [2.24, 2.45) is 5.92 Å². The van der Waals surface area contributed by atoms with E-state index in [4.69, 9.17) is 5.73 Å². The summed E-state index contributed by atoms with van der Waals surface area (Å²) in [6.45, 7) is 7.37.